The minimum Gasteiger partial charge on any atom is -0.497 e. The average Bonchev–Trinajstić information content (AvgIpc) is 2.80. The molecule has 0 bridgehead atoms. The smallest absolute Gasteiger partial charge is 0.435 e. The van der Waals surface area contributed by atoms with Gasteiger partial charge in [-0.1, -0.05) is 12.1 Å². The SMILES string of the molecule is COc1cccc(CC(=O)Nc2cc(C(F)(F)F)nn2C)c1. The number of carbonyl (C=O) groups excluding carboxylic acids is 1. The maximum atomic E-state index is 12.5. The van der Waals surface area contributed by atoms with Crippen molar-refractivity contribution in [2.75, 3.05) is 12.4 Å². The van der Waals surface area contributed by atoms with Crippen LogP contribution >= 0.6 is 0 Å². The van der Waals surface area contributed by atoms with E-state index >= 15 is 0 Å². The molecule has 0 aliphatic rings. The molecule has 1 aromatic carbocycles. The van der Waals surface area contributed by atoms with E-state index in [1.54, 1.807) is 24.3 Å². The Morgan fingerprint density at radius 3 is 2.68 bits per heavy atom. The van der Waals surface area contributed by atoms with E-state index in [0.29, 0.717) is 11.3 Å². The number of benzene rings is 1. The number of hydrogen-bond acceptors (Lipinski definition) is 3. The molecule has 8 heteroatoms. The summed E-state index contributed by atoms with van der Waals surface area (Å²) < 4.78 is 43.7. The van der Waals surface area contributed by atoms with Crippen molar-refractivity contribution in [1.29, 1.82) is 0 Å². The Morgan fingerprint density at radius 1 is 1.36 bits per heavy atom. The van der Waals surface area contributed by atoms with Crippen molar-refractivity contribution < 1.29 is 22.7 Å². The molecule has 0 aliphatic carbocycles. The van der Waals surface area contributed by atoms with Crippen molar-refractivity contribution in [3.63, 3.8) is 0 Å². The van der Waals surface area contributed by atoms with Gasteiger partial charge >= 0.3 is 6.18 Å². The van der Waals surface area contributed by atoms with Crippen molar-refractivity contribution in [2.24, 2.45) is 7.05 Å². The summed E-state index contributed by atoms with van der Waals surface area (Å²) in [5.74, 6) is 0.149. The van der Waals surface area contributed by atoms with Gasteiger partial charge in [-0.05, 0) is 17.7 Å². The lowest BCUT2D eigenvalue weighted by Crippen LogP contribution is -2.16. The molecule has 2 rings (SSSR count). The number of halogens is 3. The number of aromatic nitrogens is 2. The molecule has 1 heterocycles. The summed E-state index contributed by atoms with van der Waals surface area (Å²) >= 11 is 0. The highest BCUT2D eigenvalue weighted by Crippen LogP contribution is 2.29. The Kier molecular flexibility index (Phi) is 4.39. The first-order chi connectivity index (χ1) is 10.3. The van der Waals surface area contributed by atoms with Gasteiger partial charge in [0, 0.05) is 13.1 Å². The number of ether oxygens (including phenoxy) is 1. The lowest BCUT2D eigenvalue weighted by Gasteiger charge is -2.06. The summed E-state index contributed by atoms with van der Waals surface area (Å²) in [5, 5.41) is 5.74. The van der Waals surface area contributed by atoms with Gasteiger partial charge in [0.25, 0.3) is 0 Å². The van der Waals surface area contributed by atoms with Crippen LogP contribution in [0.15, 0.2) is 30.3 Å². The third kappa shape index (κ3) is 3.78. The minimum atomic E-state index is -4.55. The van der Waals surface area contributed by atoms with Crippen LogP contribution in [0, 0.1) is 0 Å². The van der Waals surface area contributed by atoms with Crippen molar-refractivity contribution in [3.05, 3.63) is 41.6 Å². The first-order valence-electron chi connectivity index (χ1n) is 6.33. The van der Waals surface area contributed by atoms with E-state index in [9.17, 15) is 18.0 Å². The molecule has 0 spiro atoms. The number of alkyl halides is 3. The third-order valence-electron chi connectivity index (χ3n) is 2.94. The Bertz CT molecular complexity index is 680. The van der Waals surface area contributed by atoms with Gasteiger partial charge in [-0.2, -0.15) is 18.3 Å². The molecule has 1 aromatic heterocycles. The van der Waals surface area contributed by atoms with Crippen LogP contribution in [0.3, 0.4) is 0 Å². The van der Waals surface area contributed by atoms with Crippen molar-refractivity contribution in [1.82, 2.24) is 9.78 Å². The van der Waals surface area contributed by atoms with E-state index in [-0.39, 0.29) is 12.2 Å². The molecule has 0 fully saturated rings. The van der Waals surface area contributed by atoms with E-state index in [4.69, 9.17) is 4.74 Å². The molecule has 118 valence electrons. The molecule has 5 nitrogen and oxygen atoms in total. The molecule has 0 unspecified atom stereocenters. The second-order valence-electron chi connectivity index (χ2n) is 4.61. The monoisotopic (exact) mass is 313 g/mol. The van der Waals surface area contributed by atoms with Gasteiger partial charge < -0.3 is 10.1 Å². The molecular weight excluding hydrogens is 299 g/mol. The van der Waals surface area contributed by atoms with Gasteiger partial charge in [-0.3, -0.25) is 9.48 Å². The topological polar surface area (TPSA) is 56.1 Å². The van der Waals surface area contributed by atoms with Crippen molar-refractivity contribution in [3.8, 4) is 5.75 Å². The number of nitrogens with one attached hydrogen (secondary N) is 1. The minimum absolute atomic E-state index is 0.0137. The van der Waals surface area contributed by atoms with Gasteiger partial charge in [0.15, 0.2) is 5.69 Å². The average molecular weight is 313 g/mol. The van der Waals surface area contributed by atoms with Crippen molar-refractivity contribution in [2.45, 2.75) is 12.6 Å². The first kappa shape index (κ1) is 15.9. The molecule has 2 aromatic rings. The number of aryl methyl sites for hydroxylation is 1. The molecule has 22 heavy (non-hydrogen) atoms. The number of rotatable bonds is 4. The Hall–Kier alpha value is -2.51. The molecule has 0 saturated carbocycles. The van der Waals surface area contributed by atoms with Gasteiger partial charge in [0.1, 0.15) is 11.6 Å². The van der Waals surface area contributed by atoms with Crippen molar-refractivity contribution >= 4 is 11.7 Å². The van der Waals surface area contributed by atoms with E-state index in [1.165, 1.54) is 14.2 Å². The second-order valence-corrected chi connectivity index (χ2v) is 4.61. The lowest BCUT2D eigenvalue weighted by atomic mass is 10.1. The number of hydrogen-bond donors (Lipinski definition) is 1. The second kappa shape index (κ2) is 6.08. The van der Waals surface area contributed by atoms with E-state index < -0.39 is 17.8 Å². The molecule has 0 saturated heterocycles. The fraction of sp³-hybridized carbons (Fsp3) is 0.286. The number of amides is 1. The fourth-order valence-corrected chi connectivity index (χ4v) is 1.88. The van der Waals surface area contributed by atoms with E-state index in [1.807, 2.05) is 0 Å². The maximum absolute atomic E-state index is 12.5. The highest BCUT2D eigenvalue weighted by atomic mass is 19.4. The van der Waals surface area contributed by atoms with Crippen LogP contribution in [0.5, 0.6) is 5.75 Å². The Balaban J connectivity index is 2.07. The molecule has 1 amide bonds. The van der Waals surface area contributed by atoms with E-state index in [0.717, 1.165) is 10.7 Å². The summed E-state index contributed by atoms with van der Waals surface area (Å²) in [7, 11) is 2.84. The van der Waals surface area contributed by atoms with E-state index in [2.05, 4.69) is 10.4 Å². The molecule has 0 atom stereocenters. The standard InChI is InChI=1S/C14H14F3N3O2/c1-20-12(8-11(19-20)14(15,16)17)18-13(21)7-9-4-3-5-10(6-9)22-2/h3-6,8H,7H2,1-2H3,(H,18,21). The molecule has 0 aliphatic heterocycles. The van der Waals surface area contributed by atoms with Gasteiger partial charge in [-0.25, -0.2) is 0 Å². The van der Waals surface area contributed by atoms with Crippen LogP contribution in [-0.2, 0) is 24.4 Å². The first-order valence-corrected chi connectivity index (χ1v) is 6.33. The summed E-state index contributed by atoms with van der Waals surface area (Å²) in [6, 6.07) is 7.67. The quantitative estimate of drug-likeness (QED) is 0.944. The third-order valence-corrected chi connectivity index (χ3v) is 2.94. The van der Waals surface area contributed by atoms with Crippen LogP contribution < -0.4 is 10.1 Å². The van der Waals surface area contributed by atoms with Gasteiger partial charge in [-0.15, -0.1) is 0 Å². The van der Waals surface area contributed by atoms with Crippen LogP contribution in [0.4, 0.5) is 19.0 Å². The predicted octanol–water partition coefficient (Wildman–Crippen LogP) is 2.63. The van der Waals surface area contributed by atoms with Gasteiger partial charge in [0.2, 0.25) is 5.91 Å². The maximum Gasteiger partial charge on any atom is 0.435 e. The normalized spacial score (nSPS) is 11.3. The number of carbonyl (C=O) groups is 1. The summed E-state index contributed by atoms with van der Waals surface area (Å²) in [5.41, 5.74) is -0.359. The van der Waals surface area contributed by atoms with Crippen LogP contribution in [-0.4, -0.2) is 22.8 Å². The number of nitrogens with zero attached hydrogens (tertiary/aromatic N) is 2. The van der Waals surface area contributed by atoms with Crippen LogP contribution in [0.1, 0.15) is 11.3 Å². The summed E-state index contributed by atoms with van der Waals surface area (Å²) in [6.07, 6.45) is -4.53. The zero-order chi connectivity index (χ0) is 16.3. The summed E-state index contributed by atoms with van der Waals surface area (Å²) in [4.78, 5) is 11.9. The zero-order valence-corrected chi connectivity index (χ0v) is 11.9. The summed E-state index contributed by atoms with van der Waals surface area (Å²) in [6.45, 7) is 0. The predicted molar refractivity (Wildman–Crippen MR) is 73.5 cm³/mol. The van der Waals surface area contributed by atoms with Gasteiger partial charge in [0.05, 0.1) is 13.5 Å². The number of anilines is 1. The van der Waals surface area contributed by atoms with Crippen LogP contribution in [0.25, 0.3) is 0 Å². The molecule has 0 radical (unpaired) electrons. The highest BCUT2D eigenvalue weighted by Gasteiger charge is 2.34. The molecular formula is C14H14F3N3O2. The Labute approximate surface area is 124 Å². The fourth-order valence-electron chi connectivity index (χ4n) is 1.88. The van der Waals surface area contributed by atoms with Crippen LogP contribution in [0.2, 0.25) is 0 Å². The number of methoxy groups -OCH3 is 1. The zero-order valence-electron chi connectivity index (χ0n) is 11.9. The highest BCUT2D eigenvalue weighted by molar-refractivity contribution is 5.91. The molecule has 1 N–H and O–H groups in total. The Morgan fingerprint density at radius 2 is 2.09 bits per heavy atom. The largest absolute Gasteiger partial charge is 0.497 e. The lowest BCUT2D eigenvalue weighted by molar-refractivity contribution is -0.141.